The predicted octanol–water partition coefficient (Wildman–Crippen LogP) is 2.42. The molecular weight excluding hydrogens is 240 g/mol. The van der Waals surface area contributed by atoms with E-state index in [1.54, 1.807) is 18.3 Å². The van der Waals surface area contributed by atoms with Gasteiger partial charge in [0.1, 0.15) is 0 Å². The average Bonchev–Trinajstić information content (AvgIpc) is 2.27. The number of amides is 1. The number of carbonyl (C=O) groups is 1. The molecule has 0 fully saturated rings. The average molecular weight is 257 g/mol. The molecule has 0 radical (unpaired) electrons. The largest absolute Gasteiger partial charge is 0.481 e. The summed E-state index contributed by atoms with van der Waals surface area (Å²) in [5.74, 6) is 0.246. The molecular formula is C12H17ClN2O2. The molecule has 1 rings (SSSR count). The minimum Gasteiger partial charge on any atom is -0.481 e. The Morgan fingerprint density at radius 3 is 2.88 bits per heavy atom. The summed E-state index contributed by atoms with van der Waals surface area (Å²) >= 11 is 5.80. The number of nitrogens with zero attached hydrogens (tertiary/aromatic N) is 1. The molecule has 0 unspecified atom stereocenters. The van der Waals surface area contributed by atoms with Gasteiger partial charge in [-0.25, -0.2) is 4.98 Å². The molecule has 0 bridgehead atoms. The highest BCUT2D eigenvalue weighted by molar-refractivity contribution is 6.30. The highest BCUT2D eigenvalue weighted by atomic mass is 35.5. The van der Waals surface area contributed by atoms with Crippen LogP contribution < -0.4 is 10.1 Å². The Balaban J connectivity index is 2.47. The van der Waals surface area contributed by atoms with Crippen molar-refractivity contribution in [1.29, 1.82) is 0 Å². The van der Waals surface area contributed by atoms with Gasteiger partial charge in [-0.15, -0.1) is 0 Å². The Bertz CT molecular complexity index is 394. The van der Waals surface area contributed by atoms with E-state index in [0.29, 0.717) is 5.75 Å². The molecule has 0 aliphatic heterocycles. The van der Waals surface area contributed by atoms with E-state index in [0.717, 1.165) is 6.42 Å². The van der Waals surface area contributed by atoms with Crippen LogP contribution in [0.4, 0.5) is 0 Å². The van der Waals surface area contributed by atoms with Gasteiger partial charge >= 0.3 is 0 Å². The van der Waals surface area contributed by atoms with Crippen molar-refractivity contribution >= 4 is 17.5 Å². The van der Waals surface area contributed by atoms with Crippen molar-refractivity contribution in [3.63, 3.8) is 0 Å². The van der Waals surface area contributed by atoms with Crippen LogP contribution in [0, 0.1) is 0 Å². The number of carbonyl (C=O) groups excluding carboxylic acids is 1. The van der Waals surface area contributed by atoms with E-state index in [4.69, 9.17) is 16.3 Å². The summed E-state index contributed by atoms with van der Waals surface area (Å²) in [5.41, 5.74) is -0.223. The Morgan fingerprint density at radius 2 is 2.29 bits per heavy atom. The van der Waals surface area contributed by atoms with Crippen LogP contribution in [0.5, 0.6) is 5.75 Å². The topological polar surface area (TPSA) is 51.2 Å². The Morgan fingerprint density at radius 1 is 1.59 bits per heavy atom. The zero-order chi connectivity index (χ0) is 12.9. The summed E-state index contributed by atoms with van der Waals surface area (Å²) in [6.45, 7) is 5.87. The third kappa shape index (κ3) is 4.61. The Labute approximate surface area is 106 Å². The van der Waals surface area contributed by atoms with Crippen LogP contribution >= 0.6 is 11.6 Å². The Hall–Kier alpha value is -1.29. The van der Waals surface area contributed by atoms with Crippen LogP contribution in [0.15, 0.2) is 18.3 Å². The second-order valence-electron chi connectivity index (χ2n) is 4.37. The van der Waals surface area contributed by atoms with Crippen molar-refractivity contribution in [3.8, 4) is 5.75 Å². The SMILES string of the molecule is CCC(C)(C)NC(=O)COc1cccnc1Cl. The van der Waals surface area contributed by atoms with Crippen molar-refractivity contribution in [2.75, 3.05) is 6.61 Å². The van der Waals surface area contributed by atoms with E-state index < -0.39 is 0 Å². The zero-order valence-electron chi connectivity index (χ0n) is 10.3. The molecule has 1 heterocycles. The van der Waals surface area contributed by atoms with Gasteiger partial charge in [0.05, 0.1) is 0 Å². The number of rotatable bonds is 5. The van der Waals surface area contributed by atoms with Gasteiger partial charge in [-0.1, -0.05) is 18.5 Å². The molecule has 1 aromatic rings. The maximum absolute atomic E-state index is 11.6. The Kier molecular flexibility index (Phi) is 4.75. The van der Waals surface area contributed by atoms with E-state index in [2.05, 4.69) is 10.3 Å². The van der Waals surface area contributed by atoms with Crippen LogP contribution in [0.2, 0.25) is 5.15 Å². The summed E-state index contributed by atoms with van der Waals surface area (Å²) in [5, 5.41) is 3.13. The third-order valence-corrected chi connectivity index (χ3v) is 2.73. The molecule has 0 aliphatic rings. The van der Waals surface area contributed by atoms with Crippen LogP contribution in [0.3, 0.4) is 0 Å². The van der Waals surface area contributed by atoms with Crippen molar-refractivity contribution in [1.82, 2.24) is 10.3 Å². The van der Waals surface area contributed by atoms with Crippen LogP contribution in [-0.4, -0.2) is 23.0 Å². The molecule has 0 saturated carbocycles. The fraction of sp³-hybridized carbons (Fsp3) is 0.500. The molecule has 0 saturated heterocycles. The van der Waals surface area contributed by atoms with Crippen LogP contribution in [-0.2, 0) is 4.79 Å². The molecule has 94 valence electrons. The molecule has 1 aromatic heterocycles. The van der Waals surface area contributed by atoms with Crippen molar-refractivity contribution in [2.24, 2.45) is 0 Å². The monoisotopic (exact) mass is 256 g/mol. The molecule has 1 amide bonds. The lowest BCUT2D eigenvalue weighted by atomic mass is 10.0. The van der Waals surface area contributed by atoms with Gasteiger partial charge in [0.25, 0.3) is 5.91 Å². The number of hydrogen-bond acceptors (Lipinski definition) is 3. The van der Waals surface area contributed by atoms with Gasteiger partial charge < -0.3 is 10.1 Å². The van der Waals surface area contributed by atoms with Gasteiger partial charge in [0, 0.05) is 11.7 Å². The van der Waals surface area contributed by atoms with Gasteiger partial charge in [-0.2, -0.15) is 0 Å². The number of halogens is 1. The van der Waals surface area contributed by atoms with Gasteiger partial charge in [-0.3, -0.25) is 4.79 Å². The number of hydrogen-bond donors (Lipinski definition) is 1. The van der Waals surface area contributed by atoms with E-state index in [-0.39, 0.29) is 23.2 Å². The molecule has 0 spiro atoms. The summed E-state index contributed by atoms with van der Waals surface area (Å²) in [7, 11) is 0. The standard InChI is InChI=1S/C12H17ClN2O2/c1-4-12(2,3)15-10(16)8-17-9-6-5-7-14-11(9)13/h5-7H,4,8H2,1-3H3,(H,15,16). The van der Waals surface area contributed by atoms with Crippen molar-refractivity contribution in [2.45, 2.75) is 32.7 Å². The molecule has 17 heavy (non-hydrogen) atoms. The summed E-state index contributed by atoms with van der Waals surface area (Å²) in [4.78, 5) is 15.5. The zero-order valence-corrected chi connectivity index (χ0v) is 11.0. The van der Waals surface area contributed by atoms with Crippen molar-refractivity contribution in [3.05, 3.63) is 23.5 Å². The highest BCUT2D eigenvalue weighted by Gasteiger charge is 2.18. The summed E-state index contributed by atoms with van der Waals surface area (Å²) < 4.78 is 5.28. The quantitative estimate of drug-likeness (QED) is 0.823. The summed E-state index contributed by atoms with van der Waals surface area (Å²) in [6.07, 6.45) is 2.42. The number of ether oxygens (including phenoxy) is 1. The molecule has 0 aromatic carbocycles. The second kappa shape index (κ2) is 5.87. The van der Waals surface area contributed by atoms with E-state index >= 15 is 0 Å². The summed E-state index contributed by atoms with van der Waals surface area (Å²) in [6, 6.07) is 3.38. The maximum Gasteiger partial charge on any atom is 0.258 e. The van der Waals surface area contributed by atoms with Crippen LogP contribution in [0.1, 0.15) is 27.2 Å². The lowest BCUT2D eigenvalue weighted by Gasteiger charge is -2.24. The number of pyridine rings is 1. The van der Waals surface area contributed by atoms with E-state index in [1.807, 2.05) is 20.8 Å². The maximum atomic E-state index is 11.6. The van der Waals surface area contributed by atoms with Gasteiger partial charge in [0.15, 0.2) is 17.5 Å². The van der Waals surface area contributed by atoms with Crippen LogP contribution in [0.25, 0.3) is 0 Å². The smallest absolute Gasteiger partial charge is 0.258 e. The van der Waals surface area contributed by atoms with E-state index in [1.165, 1.54) is 0 Å². The molecule has 0 aliphatic carbocycles. The first-order valence-corrected chi connectivity index (χ1v) is 5.87. The first-order valence-electron chi connectivity index (χ1n) is 5.49. The fourth-order valence-corrected chi connectivity index (χ4v) is 1.30. The fourth-order valence-electron chi connectivity index (χ4n) is 1.12. The van der Waals surface area contributed by atoms with Gasteiger partial charge in [-0.05, 0) is 32.4 Å². The predicted molar refractivity (Wildman–Crippen MR) is 67.3 cm³/mol. The van der Waals surface area contributed by atoms with Crippen molar-refractivity contribution < 1.29 is 9.53 Å². The first-order chi connectivity index (χ1) is 7.94. The minimum atomic E-state index is -0.223. The molecule has 1 N–H and O–H groups in total. The first kappa shape index (κ1) is 13.8. The highest BCUT2D eigenvalue weighted by Crippen LogP contribution is 2.20. The van der Waals surface area contributed by atoms with Gasteiger partial charge in [0.2, 0.25) is 0 Å². The number of aromatic nitrogens is 1. The molecule has 4 nitrogen and oxygen atoms in total. The minimum absolute atomic E-state index is 0.0607. The normalized spacial score (nSPS) is 11.1. The van der Waals surface area contributed by atoms with E-state index in [9.17, 15) is 4.79 Å². The number of nitrogens with one attached hydrogen (secondary N) is 1. The molecule has 5 heteroatoms. The lowest BCUT2D eigenvalue weighted by Crippen LogP contribution is -2.44. The molecule has 0 atom stereocenters. The lowest BCUT2D eigenvalue weighted by molar-refractivity contribution is -0.124. The third-order valence-electron chi connectivity index (χ3n) is 2.45. The second-order valence-corrected chi connectivity index (χ2v) is 4.72.